The summed E-state index contributed by atoms with van der Waals surface area (Å²) >= 11 is 0. The van der Waals surface area contributed by atoms with Crippen LogP contribution < -0.4 is 0 Å². The Morgan fingerprint density at radius 1 is 0.566 bits per heavy atom. The number of rotatable bonds is 36. The fourth-order valence-electron chi connectivity index (χ4n) is 5.92. The highest BCUT2D eigenvalue weighted by atomic mass is 32.3. The highest BCUT2D eigenvalue weighted by Crippen LogP contribution is 2.13. The van der Waals surface area contributed by atoms with E-state index in [1.54, 1.807) is 0 Å². The number of hydrogen-bond donors (Lipinski definition) is 0. The van der Waals surface area contributed by atoms with Gasteiger partial charge in [0.2, 0.25) is 10.4 Å². The molecule has 9 nitrogen and oxygen atoms in total. The average molecular weight is 774 g/mol. The summed E-state index contributed by atoms with van der Waals surface area (Å²) in [6.07, 6.45) is 42.1. The van der Waals surface area contributed by atoms with Gasteiger partial charge < -0.3 is 18.5 Å². The predicted molar refractivity (Wildman–Crippen MR) is 219 cm³/mol. The Kier molecular flexibility index (Phi) is 38.8. The Morgan fingerprint density at radius 3 is 1.23 bits per heavy atom. The molecule has 0 aromatic heterocycles. The van der Waals surface area contributed by atoms with Crippen molar-refractivity contribution in [3.8, 4) is 0 Å². The first kappa shape index (κ1) is 53.4. The number of allylic oxidation sites excluding steroid dienone is 4. The minimum absolute atomic E-state index is 0.150. The van der Waals surface area contributed by atoms with Crippen molar-refractivity contribution in [1.82, 2.24) is 0 Å². The quantitative estimate of drug-likeness (QED) is 0.0154. The molecule has 0 saturated carbocycles. The third-order valence-corrected chi connectivity index (χ3v) is 9.38. The van der Waals surface area contributed by atoms with E-state index < -0.39 is 16.5 Å². The van der Waals surface area contributed by atoms with E-state index in [9.17, 15) is 22.6 Å². The molecule has 0 heterocycles. The van der Waals surface area contributed by atoms with Crippen LogP contribution in [-0.2, 0) is 33.6 Å². The molecule has 0 aliphatic heterocycles. The summed E-state index contributed by atoms with van der Waals surface area (Å²) in [5, 5.41) is 0. The first-order valence-electron chi connectivity index (χ1n) is 21.3. The molecule has 0 rings (SSSR count). The summed E-state index contributed by atoms with van der Waals surface area (Å²) < 4.78 is 43.0. The molecule has 0 N–H and O–H groups in total. The van der Waals surface area contributed by atoms with E-state index >= 15 is 0 Å². The Bertz CT molecular complexity index is 991. The summed E-state index contributed by atoms with van der Waals surface area (Å²) in [7, 11) is 2.60. The minimum atomic E-state index is -4.41. The summed E-state index contributed by atoms with van der Waals surface area (Å²) in [6, 6.07) is 0. The van der Waals surface area contributed by atoms with Gasteiger partial charge in [-0.3, -0.25) is 13.8 Å². The molecule has 0 aliphatic rings. The minimum Gasteiger partial charge on any atom is -0.726 e. The van der Waals surface area contributed by atoms with Crippen LogP contribution in [0.2, 0.25) is 0 Å². The lowest BCUT2D eigenvalue weighted by Gasteiger charge is -2.28. The van der Waals surface area contributed by atoms with Crippen LogP contribution in [0.4, 0.5) is 0 Å². The van der Waals surface area contributed by atoms with Gasteiger partial charge in [0.15, 0.2) is 6.10 Å². The smallest absolute Gasteiger partial charge is 0.306 e. The van der Waals surface area contributed by atoms with Crippen molar-refractivity contribution in [2.45, 2.75) is 200 Å². The molecule has 0 radical (unpaired) electrons. The predicted octanol–water partition coefficient (Wildman–Crippen LogP) is 11.3. The van der Waals surface area contributed by atoms with Crippen LogP contribution in [0.3, 0.4) is 0 Å². The second-order valence-corrected chi connectivity index (χ2v) is 16.7. The third-order valence-electron chi connectivity index (χ3n) is 8.97. The first-order valence-corrected chi connectivity index (χ1v) is 22.6. The Morgan fingerprint density at radius 2 is 0.887 bits per heavy atom. The molecule has 0 aromatic rings. The Labute approximate surface area is 327 Å². The number of nitrogens with zero attached hydrogens (tertiary/aromatic N) is 1. The fourth-order valence-corrected chi connectivity index (χ4v) is 5.92. The SMILES string of the molecule is CCCCCCCC/C=C/CCCCCCCC(=O)OCC(C[N+](C)(C)C)OC(=O)CCCCCCC/C=C/CCCCCCCC.COS(=O)(=O)[O-]. The molecule has 1 atom stereocenters. The number of ether oxygens (including phenoxy) is 2. The maximum Gasteiger partial charge on any atom is 0.306 e. The lowest BCUT2D eigenvalue weighted by atomic mass is 10.1. The molecule has 10 heteroatoms. The van der Waals surface area contributed by atoms with Gasteiger partial charge in [0, 0.05) is 12.8 Å². The third kappa shape index (κ3) is 48.2. The molecule has 1 unspecified atom stereocenters. The summed E-state index contributed by atoms with van der Waals surface area (Å²) in [4.78, 5) is 24.9. The van der Waals surface area contributed by atoms with Crippen LogP contribution >= 0.6 is 0 Å². The zero-order valence-corrected chi connectivity index (χ0v) is 36.0. The molecule has 0 bridgehead atoms. The van der Waals surface area contributed by atoms with E-state index in [-0.39, 0.29) is 18.5 Å². The molecule has 0 saturated heterocycles. The van der Waals surface area contributed by atoms with Crippen LogP contribution in [0.15, 0.2) is 24.3 Å². The number of hydrogen-bond acceptors (Lipinski definition) is 8. The number of carbonyl (C=O) groups is 2. The maximum atomic E-state index is 12.6. The van der Waals surface area contributed by atoms with Crippen molar-refractivity contribution in [3.05, 3.63) is 24.3 Å². The highest BCUT2D eigenvalue weighted by molar-refractivity contribution is 7.80. The average Bonchev–Trinajstić information content (AvgIpc) is 3.10. The molecular weight excluding hydrogens is 691 g/mol. The monoisotopic (exact) mass is 774 g/mol. The van der Waals surface area contributed by atoms with Crippen LogP contribution in [-0.4, -0.2) is 76.9 Å². The summed E-state index contributed by atoms with van der Waals surface area (Å²) in [6.45, 7) is 5.31. The Balaban J connectivity index is 0. The van der Waals surface area contributed by atoms with Crippen LogP contribution in [0.25, 0.3) is 0 Å². The lowest BCUT2D eigenvalue weighted by Crippen LogP contribution is -2.45. The largest absolute Gasteiger partial charge is 0.726 e. The Hall–Kier alpha value is -1.75. The summed E-state index contributed by atoms with van der Waals surface area (Å²) in [5.74, 6) is -0.350. The maximum absolute atomic E-state index is 12.6. The molecule has 53 heavy (non-hydrogen) atoms. The molecule has 0 amide bonds. The standard InChI is InChI=1S/C42H80NO4.CH4O4S/c1-6-8-10-12-14-16-18-20-22-24-26-28-30-32-34-36-41(44)46-39-40(38-43(3,4)5)47-42(45)37-35-33-31-29-27-25-23-21-19-17-15-13-11-9-7-2;1-5-6(2,3)4/h20-23,40H,6-19,24-39H2,1-5H3;1H3,(H,2,3,4)/q+1;/p-1/b22-20+,23-21+;. The second-order valence-electron chi connectivity index (χ2n) is 15.5. The summed E-state index contributed by atoms with van der Waals surface area (Å²) in [5.41, 5.74) is 0. The van der Waals surface area contributed by atoms with Gasteiger partial charge in [-0.05, 0) is 64.2 Å². The number of carbonyl (C=O) groups excluding carboxylic acids is 2. The van der Waals surface area contributed by atoms with Gasteiger partial charge >= 0.3 is 11.9 Å². The van der Waals surface area contributed by atoms with Crippen molar-refractivity contribution >= 4 is 22.3 Å². The zero-order chi connectivity index (χ0) is 39.9. The van der Waals surface area contributed by atoms with Crippen LogP contribution in [0.5, 0.6) is 0 Å². The second kappa shape index (κ2) is 38.5. The molecule has 0 aliphatic carbocycles. The molecule has 0 fully saturated rings. The van der Waals surface area contributed by atoms with E-state index in [0.29, 0.717) is 23.9 Å². The fraction of sp³-hybridized carbons (Fsp3) is 0.860. The molecule has 314 valence electrons. The first-order chi connectivity index (χ1) is 25.3. The molecule has 0 aromatic carbocycles. The van der Waals surface area contributed by atoms with Crippen molar-refractivity contribution in [1.29, 1.82) is 0 Å². The van der Waals surface area contributed by atoms with E-state index in [0.717, 1.165) is 45.6 Å². The topological polar surface area (TPSA) is 119 Å². The van der Waals surface area contributed by atoms with Crippen molar-refractivity contribution in [2.24, 2.45) is 0 Å². The normalized spacial score (nSPS) is 12.6. The zero-order valence-electron chi connectivity index (χ0n) is 35.2. The van der Waals surface area contributed by atoms with E-state index in [1.165, 1.54) is 128 Å². The van der Waals surface area contributed by atoms with Crippen molar-refractivity contribution < 1.29 is 40.7 Å². The van der Waals surface area contributed by atoms with Crippen molar-refractivity contribution in [3.63, 3.8) is 0 Å². The van der Waals surface area contributed by atoms with E-state index in [1.807, 2.05) is 0 Å². The number of esters is 2. The number of quaternary nitrogens is 1. The van der Waals surface area contributed by atoms with Gasteiger partial charge in [0.1, 0.15) is 13.2 Å². The molecular formula is C43H83NO8S. The van der Waals surface area contributed by atoms with E-state index in [4.69, 9.17) is 9.47 Å². The van der Waals surface area contributed by atoms with Gasteiger partial charge in [0.25, 0.3) is 0 Å². The van der Waals surface area contributed by atoms with Crippen LogP contribution in [0, 0.1) is 0 Å². The van der Waals surface area contributed by atoms with Gasteiger partial charge in [-0.15, -0.1) is 0 Å². The van der Waals surface area contributed by atoms with Gasteiger partial charge in [-0.25, -0.2) is 8.42 Å². The number of likely N-dealkylation sites (N-methyl/N-ethyl adjacent to an activating group) is 1. The number of unbranched alkanes of at least 4 members (excludes halogenated alkanes) is 22. The van der Waals surface area contributed by atoms with Crippen molar-refractivity contribution in [2.75, 3.05) is 41.4 Å². The highest BCUT2D eigenvalue weighted by Gasteiger charge is 2.23. The van der Waals surface area contributed by atoms with E-state index in [2.05, 4.69) is 63.5 Å². The lowest BCUT2D eigenvalue weighted by molar-refractivity contribution is -0.873. The van der Waals surface area contributed by atoms with Crippen LogP contribution in [0.1, 0.15) is 194 Å². The van der Waals surface area contributed by atoms with Gasteiger partial charge in [0.05, 0.1) is 28.3 Å². The van der Waals surface area contributed by atoms with Gasteiger partial charge in [-0.2, -0.15) is 0 Å². The molecule has 0 spiro atoms. The van der Waals surface area contributed by atoms with Gasteiger partial charge in [-0.1, -0.05) is 141 Å².